The molecule has 0 fully saturated rings. The highest BCUT2D eigenvalue weighted by Crippen LogP contribution is 2.37. The number of ether oxygens (including phenoxy) is 2. The maximum absolute atomic E-state index is 5.81. The summed E-state index contributed by atoms with van der Waals surface area (Å²) in [7, 11) is 3.46. The number of fused-ring (bicyclic) bond motifs is 1. The maximum Gasteiger partial charge on any atom is 0.148 e. The Kier molecular flexibility index (Phi) is 8.04. The molecule has 0 saturated carbocycles. The number of nitrogens with one attached hydrogen (secondary N) is 1. The van der Waals surface area contributed by atoms with Crippen LogP contribution in [0.3, 0.4) is 0 Å². The second-order valence-electron chi connectivity index (χ2n) is 8.93. The van der Waals surface area contributed by atoms with Crippen molar-refractivity contribution in [2.75, 3.05) is 26.1 Å². The Morgan fingerprint density at radius 1 is 0.882 bits per heavy atom. The lowest BCUT2D eigenvalue weighted by molar-refractivity contribution is 0.414. The Labute approximate surface area is 204 Å². The van der Waals surface area contributed by atoms with E-state index in [0.29, 0.717) is 0 Å². The van der Waals surface area contributed by atoms with Crippen LogP contribution in [0.5, 0.6) is 11.5 Å². The third kappa shape index (κ3) is 5.35. The van der Waals surface area contributed by atoms with Gasteiger partial charge in [0, 0.05) is 12.1 Å². The van der Waals surface area contributed by atoms with E-state index in [-0.39, 0.29) is 0 Å². The molecule has 0 radical (unpaired) electrons. The minimum Gasteiger partial charge on any atom is -0.497 e. The fourth-order valence-electron chi connectivity index (χ4n) is 4.80. The second-order valence-corrected chi connectivity index (χ2v) is 8.93. The van der Waals surface area contributed by atoms with Crippen LogP contribution in [0.25, 0.3) is 11.3 Å². The van der Waals surface area contributed by atoms with E-state index in [2.05, 4.69) is 43.4 Å². The molecule has 0 amide bonds. The molecule has 0 atom stereocenters. The molecule has 34 heavy (non-hydrogen) atoms. The van der Waals surface area contributed by atoms with Crippen molar-refractivity contribution in [3.63, 3.8) is 0 Å². The number of aromatic nitrogens is 2. The molecule has 180 valence electrons. The van der Waals surface area contributed by atoms with Gasteiger partial charge in [-0.05, 0) is 92.3 Å². The number of hydrogen-bond acceptors (Lipinski definition) is 5. The largest absolute Gasteiger partial charge is 0.497 e. The van der Waals surface area contributed by atoms with Crippen LogP contribution < -0.4 is 14.8 Å². The molecule has 0 saturated heterocycles. The van der Waals surface area contributed by atoms with Crippen LogP contribution in [0.1, 0.15) is 61.2 Å². The van der Waals surface area contributed by atoms with E-state index in [1.807, 2.05) is 12.1 Å². The maximum atomic E-state index is 5.81. The van der Waals surface area contributed by atoms with Crippen molar-refractivity contribution in [2.24, 2.45) is 0 Å². The van der Waals surface area contributed by atoms with Crippen LogP contribution in [0, 0.1) is 0 Å². The predicted molar refractivity (Wildman–Crippen MR) is 139 cm³/mol. The lowest BCUT2D eigenvalue weighted by atomic mass is 9.89. The van der Waals surface area contributed by atoms with E-state index in [9.17, 15) is 0 Å². The van der Waals surface area contributed by atoms with Crippen molar-refractivity contribution < 1.29 is 9.47 Å². The zero-order valence-corrected chi connectivity index (χ0v) is 21.0. The van der Waals surface area contributed by atoms with Gasteiger partial charge >= 0.3 is 0 Å². The highest BCUT2D eigenvalue weighted by atomic mass is 16.5. The molecule has 5 nitrogen and oxygen atoms in total. The van der Waals surface area contributed by atoms with Crippen molar-refractivity contribution in [1.82, 2.24) is 9.97 Å². The summed E-state index contributed by atoms with van der Waals surface area (Å²) in [4.78, 5) is 10.2. The van der Waals surface area contributed by atoms with Gasteiger partial charge in [-0.15, -0.1) is 0 Å². The first-order valence-corrected chi connectivity index (χ1v) is 12.6. The molecule has 0 bridgehead atoms. The highest BCUT2D eigenvalue weighted by molar-refractivity contribution is 5.72. The number of methoxy groups -OCH3 is 2. The van der Waals surface area contributed by atoms with E-state index in [1.165, 1.54) is 29.5 Å². The molecule has 5 heteroatoms. The monoisotopic (exact) mass is 459 g/mol. The van der Waals surface area contributed by atoms with Gasteiger partial charge in [0.1, 0.15) is 17.3 Å². The van der Waals surface area contributed by atoms with Crippen molar-refractivity contribution in [3.8, 4) is 22.8 Å². The Hall–Kier alpha value is -3.08. The lowest BCUT2D eigenvalue weighted by Crippen LogP contribution is -2.12. The molecule has 2 aromatic carbocycles. The van der Waals surface area contributed by atoms with E-state index < -0.39 is 0 Å². The molecular weight excluding hydrogens is 422 g/mol. The van der Waals surface area contributed by atoms with Crippen LogP contribution in [0.2, 0.25) is 0 Å². The molecule has 3 aromatic rings. The SMILES string of the molecule is CCc1nc(-c2cc3c(cc2OC)CCCC3)c(CC)nc1NCCCc1cccc(OC)c1. The third-order valence-corrected chi connectivity index (χ3v) is 6.70. The third-order valence-electron chi connectivity index (χ3n) is 6.70. The molecule has 0 unspecified atom stereocenters. The van der Waals surface area contributed by atoms with Gasteiger partial charge in [-0.3, -0.25) is 0 Å². The zero-order valence-electron chi connectivity index (χ0n) is 21.0. The molecule has 4 rings (SSSR count). The molecule has 0 aliphatic heterocycles. The number of aryl methyl sites for hydroxylation is 5. The summed E-state index contributed by atoms with van der Waals surface area (Å²) in [5, 5.41) is 3.56. The van der Waals surface area contributed by atoms with Gasteiger partial charge in [0.2, 0.25) is 0 Å². The Bertz CT molecular complexity index is 1130. The van der Waals surface area contributed by atoms with Crippen LogP contribution in [0.4, 0.5) is 5.82 Å². The fraction of sp³-hybridized carbons (Fsp3) is 0.448. The number of rotatable bonds is 10. The van der Waals surface area contributed by atoms with Crippen molar-refractivity contribution in [1.29, 1.82) is 0 Å². The first-order chi connectivity index (χ1) is 16.7. The molecule has 1 heterocycles. The number of hydrogen-bond donors (Lipinski definition) is 1. The molecule has 1 aromatic heterocycles. The van der Waals surface area contributed by atoms with Crippen LogP contribution in [0.15, 0.2) is 36.4 Å². The number of benzene rings is 2. The van der Waals surface area contributed by atoms with E-state index in [4.69, 9.17) is 19.4 Å². The van der Waals surface area contributed by atoms with Crippen molar-refractivity contribution in [2.45, 2.75) is 65.2 Å². The van der Waals surface area contributed by atoms with Crippen LogP contribution in [-0.4, -0.2) is 30.7 Å². The van der Waals surface area contributed by atoms with E-state index in [1.54, 1.807) is 14.2 Å². The minimum absolute atomic E-state index is 0.824. The fourth-order valence-corrected chi connectivity index (χ4v) is 4.80. The van der Waals surface area contributed by atoms with Crippen LogP contribution >= 0.6 is 0 Å². The summed E-state index contributed by atoms with van der Waals surface area (Å²) in [5.74, 6) is 2.72. The van der Waals surface area contributed by atoms with E-state index in [0.717, 1.165) is 85.0 Å². The quantitative estimate of drug-likeness (QED) is 0.365. The second kappa shape index (κ2) is 11.4. The first kappa shape index (κ1) is 24.1. The van der Waals surface area contributed by atoms with Gasteiger partial charge in [0.15, 0.2) is 0 Å². The van der Waals surface area contributed by atoms with E-state index >= 15 is 0 Å². The Balaban J connectivity index is 1.55. The smallest absolute Gasteiger partial charge is 0.148 e. The molecule has 1 aliphatic carbocycles. The normalized spacial score (nSPS) is 12.8. The average molecular weight is 460 g/mol. The summed E-state index contributed by atoms with van der Waals surface area (Å²) in [6, 6.07) is 12.8. The Morgan fingerprint density at radius 3 is 2.35 bits per heavy atom. The average Bonchev–Trinajstić information content (AvgIpc) is 2.90. The van der Waals surface area contributed by atoms with Crippen molar-refractivity contribution >= 4 is 5.82 Å². The predicted octanol–water partition coefficient (Wildman–Crippen LogP) is 6.21. The van der Waals surface area contributed by atoms with Crippen molar-refractivity contribution in [3.05, 3.63) is 64.5 Å². The summed E-state index contributed by atoms with van der Waals surface area (Å²) in [6.07, 6.45) is 8.44. The summed E-state index contributed by atoms with van der Waals surface area (Å²) < 4.78 is 11.2. The standard InChI is InChI=1S/C29H37N3O2/c1-5-25-28(24-18-21-13-7-8-14-22(21)19-27(24)34-4)31-26(6-2)29(32-25)30-16-10-12-20-11-9-15-23(17-20)33-3/h9,11,15,17-19H,5-8,10,12-14,16H2,1-4H3,(H,30,32). The molecule has 1 N–H and O–H groups in total. The van der Waals surface area contributed by atoms with Gasteiger partial charge in [-0.2, -0.15) is 0 Å². The van der Waals surface area contributed by atoms with Gasteiger partial charge < -0.3 is 14.8 Å². The lowest BCUT2D eigenvalue weighted by Gasteiger charge is -2.21. The number of nitrogens with zero attached hydrogens (tertiary/aromatic N) is 2. The van der Waals surface area contributed by atoms with Gasteiger partial charge in [0.05, 0.1) is 31.3 Å². The zero-order chi connectivity index (χ0) is 23.9. The highest BCUT2D eigenvalue weighted by Gasteiger charge is 2.20. The topological polar surface area (TPSA) is 56.3 Å². The Morgan fingerprint density at radius 2 is 1.65 bits per heavy atom. The minimum atomic E-state index is 0.824. The summed E-state index contributed by atoms with van der Waals surface area (Å²) >= 11 is 0. The number of anilines is 1. The molecular formula is C29H37N3O2. The summed E-state index contributed by atoms with van der Waals surface area (Å²) in [6.45, 7) is 5.14. The molecule has 1 aliphatic rings. The first-order valence-electron chi connectivity index (χ1n) is 12.6. The van der Waals surface area contributed by atoms with Gasteiger partial charge in [0.25, 0.3) is 0 Å². The van der Waals surface area contributed by atoms with Gasteiger partial charge in [-0.25, -0.2) is 9.97 Å². The summed E-state index contributed by atoms with van der Waals surface area (Å²) in [5.41, 5.74) is 8.20. The van der Waals surface area contributed by atoms with Gasteiger partial charge in [-0.1, -0.05) is 26.0 Å². The van der Waals surface area contributed by atoms with Crippen LogP contribution in [-0.2, 0) is 32.1 Å². The molecule has 0 spiro atoms.